The fourth-order valence-corrected chi connectivity index (χ4v) is 1.90. The molecule has 0 spiro atoms. The van der Waals surface area contributed by atoms with Crippen LogP contribution in [0.3, 0.4) is 0 Å². The third-order valence-electron chi connectivity index (χ3n) is 2.79. The average molecular weight is 244 g/mol. The highest BCUT2D eigenvalue weighted by molar-refractivity contribution is 5.90. The summed E-state index contributed by atoms with van der Waals surface area (Å²) in [6.07, 6.45) is -0.476. The molecule has 0 saturated carbocycles. The number of carbonyl (C=O) groups excluding carboxylic acids is 1. The lowest BCUT2D eigenvalue weighted by molar-refractivity contribution is -0.153. The number of aliphatic hydroxyl groups is 1. The molecule has 0 aliphatic rings. The standard InChI is InChI=1S/C15H16O3/c1-2-10-18-15(17)14(16)13-9-5-7-11-6-3-4-8-12(11)13/h3-9,14,16H,2,10H2,1H3/t14-/m1/s1. The van der Waals surface area contributed by atoms with Gasteiger partial charge >= 0.3 is 5.97 Å². The summed E-state index contributed by atoms with van der Waals surface area (Å²) in [7, 11) is 0. The maximum atomic E-state index is 11.7. The van der Waals surface area contributed by atoms with Gasteiger partial charge in [0.15, 0.2) is 6.10 Å². The van der Waals surface area contributed by atoms with E-state index in [0.29, 0.717) is 12.2 Å². The first kappa shape index (κ1) is 12.6. The molecule has 1 N–H and O–H groups in total. The highest BCUT2D eigenvalue weighted by Gasteiger charge is 2.20. The van der Waals surface area contributed by atoms with E-state index in [1.165, 1.54) is 0 Å². The van der Waals surface area contributed by atoms with Crippen molar-refractivity contribution in [2.45, 2.75) is 19.4 Å². The molecule has 0 saturated heterocycles. The van der Waals surface area contributed by atoms with E-state index in [1.54, 1.807) is 6.07 Å². The second-order valence-electron chi connectivity index (χ2n) is 4.14. The number of fused-ring (bicyclic) bond motifs is 1. The molecule has 0 aromatic heterocycles. The van der Waals surface area contributed by atoms with Gasteiger partial charge in [-0.1, -0.05) is 49.4 Å². The van der Waals surface area contributed by atoms with Gasteiger partial charge in [-0.05, 0) is 22.8 Å². The molecule has 0 fully saturated rings. The Morgan fingerprint density at radius 1 is 1.22 bits per heavy atom. The van der Waals surface area contributed by atoms with Crippen LogP contribution in [0.4, 0.5) is 0 Å². The zero-order valence-corrected chi connectivity index (χ0v) is 10.3. The molecule has 1 atom stereocenters. The van der Waals surface area contributed by atoms with E-state index in [1.807, 2.05) is 43.3 Å². The molecule has 2 rings (SSSR count). The van der Waals surface area contributed by atoms with Crippen LogP contribution in [-0.4, -0.2) is 17.7 Å². The zero-order chi connectivity index (χ0) is 13.0. The number of hydrogen-bond acceptors (Lipinski definition) is 3. The molecule has 0 bridgehead atoms. The summed E-state index contributed by atoms with van der Waals surface area (Å²) in [5.41, 5.74) is 0.592. The molecule has 0 amide bonds. The second kappa shape index (κ2) is 5.65. The van der Waals surface area contributed by atoms with Gasteiger partial charge in [0.1, 0.15) is 0 Å². The summed E-state index contributed by atoms with van der Waals surface area (Å²) >= 11 is 0. The van der Waals surface area contributed by atoms with Gasteiger partial charge in [-0.2, -0.15) is 0 Å². The lowest BCUT2D eigenvalue weighted by Gasteiger charge is -2.12. The Labute approximate surface area is 106 Å². The Balaban J connectivity index is 2.32. The SMILES string of the molecule is CCCOC(=O)[C@H](O)c1cccc2ccccc12. The number of carbonyl (C=O) groups is 1. The van der Waals surface area contributed by atoms with Crippen LogP contribution in [0, 0.1) is 0 Å². The van der Waals surface area contributed by atoms with Gasteiger partial charge in [0.2, 0.25) is 0 Å². The number of hydrogen-bond donors (Lipinski definition) is 1. The predicted molar refractivity (Wildman–Crippen MR) is 70.2 cm³/mol. The van der Waals surface area contributed by atoms with Crippen LogP contribution in [0.15, 0.2) is 42.5 Å². The molecular formula is C15H16O3. The van der Waals surface area contributed by atoms with Crippen LogP contribution in [0.1, 0.15) is 25.0 Å². The maximum absolute atomic E-state index is 11.7. The number of aliphatic hydroxyl groups excluding tert-OH is 1. The fraction of sp³-hybridized carbons (Fsp3) is 0.267. The van der Waals surface area contributed by atoms with Crippen molar-refractivity contribution in [3.05, 3.63) is 48.0 Å². The largest absolute Gasteiger partial charge is 0.464 e. The van der Waals surface area contributed by atoms with Gasteiger partial charge < -0.3 is 9.84 Å². The highest BCUT2D eigenvalue weighted by Crippen LogP contribution is 2.24. The Kier molecular flexibility index (Phi) is 3.95. The first-order chi connectivity index (χ1) is 8.74. The zero-order valence-electron chi connectivity index (χ0n) is 10.3. The minimum absolute atomic E-state index is 0.334. The van der Waals surface area contributed by atoms with Crippen LogP contribution in [0.25, 0.3) is 10.8 Å². The molecule has 94 valence electrons. The molecule has 0 aliphatic carbocycles. The lowest BCUT2D eigenvalue weighted by Crippen LogP contribution is -2.16. The van der Waals surface area contributed by atoms with E-state index in [2.05, 4.69) is 0 Å². The third-order valence-corrected chi connectivity index (χ3v) is 2.79. The number of rotatable bonds is 4. The molecule has 0 aliphatic heterocycles. The molecule has 0 unspecified atom stereocenters. The predicted octanol–water partition coefficient (Wildman–Crippen LogP) is 2.83. The van der Waals surface area contributed by atoms with Crippen molar-refractivity contribution in [3.8, 4) is 0 Å². The smallest absolute Gasteiger partial charge is 0.339 e. The molecule has 3 heteroatoms. The van der Waals surface area contributed by atoms with Crippen LogP contribution in [-0.2, 0) is 9.53 Å². The molecule has 2 aromatic rings. The van der Waals surface area contributed by atoms with E-state index in [0.717, 1.165) is 17.2 Å². The second-order valence-corrected chi connectivity index (χ2v) is 4.14. The Morgan fingerprint density at radius 2 is 1.94 bits per heavy atom. The van der Waals surface area contributed by atoms with Crippen molar-refractivity contribution in [1.82, 2.24) is 0 Å². The van der Waals surface area contributed by atoms with Crippen LogP contribution in [0.5, 0.6) is 0 Å². The topological polar surface area (TPSA) is 46.5 Å². The summed E-state index contributed by atoms with van der Waals surface area (Å²) in [6.45, 7) is 2.25. The first-order valence-electron chi connectivity index (χ1n) is 6.06. The van der Waals surface area contributed by atoms with Crippen molar-refractivity contribution in [2.75, 3.05) is 6.61 Å². The van der Waals surface area contributed by atoms with E-state index in [-0.39, 0.29) is 0 Å². The van der Waals surface area contributed by atoms with Crippen LogP contribution in [0.2, 0.25) is 0 Å². The molecule has 18 heavy (non-hydrogen) atoms. The summed E-state index contributed by atoms with van der Waals surface area (Å²) in [5.74, 6) is -0.590. The van der Waals surface area contributed by atoms with Crippen molar-refractivity contribution in [2.24, 2.45) is 0 Å². The van der Waals surface area contributed by atoms with Crippen molar-refractivity contribution in [3.63, 3.8) is 0 Å². The summed E-state index contributed by atoms with van der Waals surface area (Å²) < 4.78 is 4.97. The minimum atomic E-state index is -1.22. The van der Waals surface area contributed by atoms with E-state index in [9.17, 15) is 9.90 Å². The Morgan fingerprint density at radius 3 is 2.72 bits per heavy atom. The lowest BCUT2D eigenvalue weighted by atomic mass is 10.0. The Bertz CT molecular complexity index is 543. The first-order valence-corrected chi connectivity index (χ1v) is 6.06. The van der Waals surface area contributed by atoms with Gasteiger partial charge in [-0.3, -0.25) is 0 Å². The van der Waals surface area contributed by atoms with Crippen LogP contribution >= 0.6 is 0 Å². The number of benzene rings is 2. The van der Waals surface area contributed by atoms with Gasteiger partial charge in [0.05, 0.1) is 6.61 Å². The minimum Gasteiger partial charge on any atom is -0.464 e. The van der Waals surface area contributed by atoms with E-state index >= 15 is 0 Å². The molecular weight excluding hydrogens is 228 g/mol. The normalized spacial score (nSPS) is 12.3. The fourth-order valence-electron chi connectivity index (χ4n) is 1.90. The molecule has 2 aromatic carbocycles. The summed E-state index contributed by atoms with van der Waals surface area (Å²) in [4.78, 5) is 11.7. The van der Waals surface area contributed by atoms with Gasteiger partial charge in [0, 0.05) is 0 Å². The quantitative estimate of drug-likeness (QED) is 0.841. The summed E-state index contributed by atoms with van der Waals surface area (Å²) in [6, 6.07) is 13.2. The summed E-state index contributed by atoms with van der Waals surface area (Å²) in [5, 5.41) is 11.9. The van der Waals surface area contributed by atoms with Crippen LogP contribution < -0.4 is 0 Å². The van der Waals surface area contributed by atoms with Gasteiger partial charge in [-0.25, -0.2) is 4.79 Å². The number of ether oxygens (including phenoxy) is 1. The highest BCUT2D eigenvalue weighted by atomic mass is 16.5. The molecule has 3 nitrogen and oxygen atoms in total. The van der Waals surface area contributed by atoms with Gasteiger partial charge in [0.25, 0.3) is 0 Å². The van der Waals surface area contributed by atoms with Gasteiger partial charge in [-0.15, -0.1) is 0 Å². The van der Waals surface area contributed by atoms with Crippen molar-refractivity contribution in [1.29, 1.82) is 0 Å². The molecule has 0 radical (unpaired) electrons. The van der Waals surface area contributed by atoms with Crippen molar-refractivity contribution >= 4 is 16.7 Å². The number of esters is 1. The maximum Gasteiger partial charge on any atom is 0.339 e. The Hall–Kier alpha value is -1.87. The van der Waals surface area contributed by atoms with E-state index in [4.69, 9.17) is 4.74 Å². The average Bonchev–Trinajstić information content (AvgIpc) is 2.43. The third kappa shape index (κ3) is 2.51. The monoisotopic (exact) mass is 244 g/mol. The van der Waals surface area contributed by atoms with Crippen molar-refractivity contribution < 1.29 is 14.6 Å². The molecule has 0 heterocycles. The van der Waals surface area contributed by atoms with E-state index < -0.39 is 12.1 Å².